The minimum Gasteiger partial charge on any atom is -0.330 e. The summed E-state index contributed by atoms with van der Waals surface area (Å²) in [6.45, 7) is 6.54. The van der Waals surface area contributed by atoms with Crippen molar-refractivity contribution in [2.45, 2.75) is 39.3 Å². The second kappa shape index (κ2) is 6.89. The summed E-state index contributed by atoms with van der Waals surface area (Å²) < 4.78 is 2.08. The molecule has 3 rings (SSSR count). The van der Waals surface area contributed by atoms with E-state index in [0.29, 0.717) is 24.7 Å². The highest BCUT2D eigenvalue weighted by Crippen LogP contribution is 2.43. The van der Waals surface area contributed by atoms with Gasteiger partial charge in [-0.05, 0) is 32.4 Å². The number of ketones is 1. The SMILES string of the molecule is CCN(C)C/C=C/C(=O)N1Cc2ncc(C(C)=O)n2C(C2CC2)C1. The molecule has 1 aromatic rings. The average Bonchev–Trinajstić information content (AvgIpc) is 3.31. The van der Waals surface area contributed by atoms with Gasteiger partial charge in [-0.1, -0.05) is 13.0 Å². The number of carbonyl (C=O) groups excluding carboxylic acids is 2. The van der Waals surface area contributed by atoms with Gasteiger partial charge in [-0.2, -0.15) is 0 Å². The van der Waals surface area contributed by atoms with Crippen LogP contribution in [0.2, 0.25) is 0 Å². The molecule has 1 saturated carbocycles. The quantitative estimate of drug-likeness (QED) is 0.590. The smallest absolute Gasteiger partial charge is 0.246 e. The molecule has 2 heterocycles. The number of aromatic nitrogens is 2. The molecule has 1 amide bonds. The monoisotopic (exact) mass is 330 g/mol. The van der Waals surface area contributed by atoms with E-state index in [1.807, 2.05) is 18.0 Å². The molecule has 0 N–H and O–H groups in total. The third kappa shape index (κ3) is 3.43. The first-order valence-corrected chi connectivity index (χ1v) is 8.72. The predicted octanol–water partition coefficient (Wildman–Crippen LogP) is 1.89. The van der Waals surface area contributed by atoms with Crippen molar-refractivity contribution in [1.29, 1.82) is 0 Å². The number of amides is 1. The summed E-state index contributed by atoms with van der Waals surface area (Å²) >= 11 is 0. The van der Waals surface area contributed by atoms with Crippen molar-refractivity contribution in [2.75, 3.05) is 26.7 Å². The molecule has 0 aromatic carbocycles. The molecule has 6 nitrogen and oxygen atoms in total. The fourth-order valence-electron chi connectivity index (χ4n) is 3.27. The highest BCUT2D eigenvalue weighted by Gasteiger charge is 2.40. The van der Waals surface area contributed by atoms with Gasteiger partial charge in [0.25, 0.3) is 0 Å². The summed E-state index contributed by atoms with van der Waals surface area (Å²) in [5.41, 5.74) is 0.675. The van der Waals surface area contributed by atoms with Gasteiger partial charge in [-0.3, -0.25) is 9.59 Å². The summed E-state index contributed by atoms with van der Waals surface area (Å²) in [6.07, 6.45) is 7.57. The highest BCUT2D eigenvalue weighted by atomic mass is 16.2. The van der Waals surface area contributed by atoms with E-state index in [-0.39, 0.29) is 17.7 Å². The maximum Gasteiger partial charge on any atom is 0.246 e. The molecule has 6 heteroatoms. The zero-order chi connectivity index (χ0) is 17.3. The molecule has 130 valence electrons. The van der Waals surface area contributed by atoms with Crippen LogP contribution >= 0.6 is 0 Å². The topological polar surface area (TPSA) is 58.4 Å². The Balaban J connectivity index is 1.76. The van der Waals surface area contributed by atoms with Gasteiger partial charge in [0.05, 0.1) is 18.8 Å². The van der Waals surface area contributed by atoms with Crippen LogP contribution in [0.1, 0.15) is 49.0 Å². The maximum absolute atomic E-state index is 12.5. The van der Waals surface area contributed by atoms with E-state index in [9.17, 15) is 9.59 Å². The molecule has 24 heavy (non-hydrogen) atoms. The van der Waals surface area contributed by atoms with Gasteiger partial charge in [0, 0.05) is 26.1 Å². The van der Waals surface area contributed by atoms with Gasteiger partial charge in [0.1, 0.15) is 11.5 Å². The van der Waals surface area contributed by atoms with Crippen LogP contribution in [0.3, 0.4) is 0 Å². The van der Waals surface area contributed by atoms with Crippen molar-refractivity contribution in [3.8, 4) is 0 Å². The molecule has 1 aromatic heterocycles. The standard InChI is InChI=1S/C18H26N4O2/c1-4-20(3)9-5-6-18(24)21-11-16(14-7-8-14)22-15(13(2)23)10-19-17(22)12-21/h5-6,10,14,16H,4,7-9,11-12H2,1-3H3/b6-5+. The molecule has 1 fully saturated rings. The van der Waals surface area contributed by atoms with E-state index in [2.05, 4.69) is 21.4 Å². The van der Waals surface area contributed by atoms with Gasteiger partial charge in [-0.15, -0.1) is 0 Å². The van der Waals surface area contributed by atoms with E-state index < -0.39 is 0 Å². The Bertz CT molecular complexity index is 660. The molecule has 0 saturated heterocycles. The number of hydrogen-bond acceptors (Lipinski definition) is 4. The lowest BCUT2D eigenvalue weighted by molar-refractivity contribution is -0.128. The number of Topliss-reactive ketones (excluding diaryl/α,β-unsaturated/α-hetero) is 1. The molecule has 0 bridgehead atoms. The van der Waals surface area contributed by atoms with Gasteiger partial charge in [-0.25, -0.2) is 4.98 Å². The fraction of sp³-hybridized carbons (Fsp3) is 0.611. The predicted molar refractivity (Wildman–Crippen MR) is 91.7 cm³/mol. The van der Waals surface area contributed by atoms with Crippen LogP contribution in [-0.2, 0) is 11.3 Å². The Labute approximate surface area is 143 Å². The van der Waals surface area contributed by atoms with Gasteiger partial charge >= 0.3 is 0 Å². The lowest BCUT2D eigenvalue weighted by Crippen LogP contribution is -2.42. The van der Waals surface area contributed by atoms with E-state index in [1.54, 1.807) is 19.2 Å². The first-order valence-electron chi connectivity index (χ1n) is 8.72. The Hall–Kier alpha value is -1.95. The number of carbonyl (C=O) groups is 2. The number of nitrogens with zero attached hydrogens (tertiary/aromatic N) is 4. The molecule has 2 aliphatic rings. The Morgan fingerprint density at radius 1 is 1.42 bits per heavy atom. The minimum absolute atomic E-state index is 0.0313. The number of fused-ring (bicyclic) bond motifs is 1. The van der Waals surface area contributed by atoms with E-state index in [4.69, 9.17) is 0 Å². The minimum atomic E-state index is 0.0313. The van der Waals surface area contributed by atoms with E-state index in [0.717, 1.165) is 18.9 Å². The van der Waals surface area contributed by atoms with E-state index in [1.165, 1.54) is 12.8 Å². The number of hydrogen-bond donors (Lipinski definition) is 0. The molecule has 1 atom stereocenters. The summed E-state index contributed by atoms with van der Waals surface area (Å²) in [6, 6.07) is 0.186. The van der Waals surface area contributed by atoms with Crippen LogP contribution in [0.5, 0.6) is 0 Å². The summed E-state index contributed by atoms with van der Waals surface area (Å²) in [5.74, 6) is 1.46. The second-order valence-corrected chi connectivity index (χ2v) is 6.87. The first kappa shape index (κ1) is 16.9. The lowest BCUT2D eigenvalue weighted by Gasteiger charge is -2.34. The molecule has 1 unspecified atom stereocenters. The Kier molecular flexibility index (Phi) is 4.85. The van der Waals surface area contributed by atoms with Crippen molar-refractivity contribution in [2.24, 2.45) is 5.92 Å². The normalized spacial score (nSPS) is 20.7. The van der Waals surface area contributed by atoms with Crippen molar-refractivity contribution < 1.29 is 9.59 Å². The van der Waals surface area contributed by atoms with Crippen LogP contribution in [0.4, 0.5) is 0 Å². The van der Waals surface area contributed by atoms with Crippen molar-refractivity contribution in [1.82, 2.24) is 19.4 Å². The molecule has 1 aliphatic heterocycles. The summed E-state index contributed by atoms with van der Waals surface area (Å²) in [7, 11) is 2.03. The van der Waals surface area contributed by atoms with Crippen LogP contribution in [0.15, 0.2) is 18.3 Å². The molecular formula is C18H26N4O2. The molecular weight excluding hydrogens is 304 g/mol. The number of likely N-dealkylation sites (N-methyl/N-ethyl adjacent to an activating group) is 1. The van der Waals surface area contributed by atoms with Crippen LogP contribution < -0.4 is 0 Å². The highest BCUT2D eigenvalue weighted by molar-refractivity contribution is 5.92. The molecule has 0 spiro atoms. The third-order valence-corrected chi connectivity index (χ3v) is 5.00. The van der Waals surface area contributed by atoms with Gasteiger partial charge in [0.15, 0.2) is 5.78 Å². The molecule has 0 radical (unpaired) electrons. The summed E-state index contributed by atoms with van der Waals surface area (Å²) in [4.78, 5) is 32.8. The van der Waals surface area contributed by atoms with Gasteiger partial charge < -0.3 is 14.4 Å². The third-order valence-electron chi connectivity index (χ3n) is 5.00. The van der Waals surface area contributed by atoms with Crippen molar-refractivity contribution >= 4 is 11.7 Å². The summed E-state index contributed by atoms with van der Waals surface area (Å²) in [5, 5.41) is 0. The Morgan fingerprint density at radius 2 is 2.17 bits per heavy atom. The first-order chi connectivity index (χ1) is 11.5. The number of imidazole rings is 1. The van der Waals surface area contributed by atoms with Crippen LogP contribution in [0.25, 0.3) is 0 Å². The average molecular weight is 330 g/mol. The van der Waals surface area contributed by atoms with Crippen molar-refractivity contribution in [3.63, 3.8) is 0 Å². The van der Waals surface area contributed by atoms with Crippen LogP contribution in [0, 0.1) is 5.92 Å². The van der Waals surface area contributed by atoms with E-state index >= 15 is 0 Å². The number of rotatable bonds is 6. The largest absolute Gasteiger partial charge is 0.330 e. The van der Waals surface area contributed by atoms with Crippen LogP contribution in [-0.4, -0.2) is 57.7 Å². The zero-order valence-corrected chi connectivity index (χ0v) is 14.7. The second-order valence-electron chi connectivity index (χ2n) is 6.87. The lowest BCUT2D eigenvalue weighted by atomic mass is 10.1. The van der Waals surface area contributed by atoms with Gasteiger partial charge in [0.2, 0.25) is 5.91 Å². The Morgan fingerprint density at radius 3 is 2.79 bits per heavy atom. The van der Waals surface area contributed by atoms with Crippen molar-refractivity contribution in [3.05, 3.63) is 29.9 Å². The maximum atomic E-state index is 12.5. The molecule has 1 aliphatic carbocycles. The zero-order valence-electron chi connectivity index (χ0n) is 14.7. The fourth-order valence-corrected chi connectivity index (χ4v) is 3.27.